The van der Waals surface area contributed by atoms with Crippen LogP contribution in [-0.4, -0.2) is 93.2 Å². The first kappa shape index (κ1) is 23.6. The molecule has 2 aromatic rings. The van der Waals surface area contributed by atoms with Gasteiger partial charge in [0.2, 0.25) is 5.91 Å². The summed E-state index contributed by atoms with van der Waals surface area (Å²) in [7, 11) is 2.17. The Labute approximate surface area is 198 Å². The van der Waals surface area contributed by atoms with Gasteiger partial charge >= 0.3 is 0 Å². The van der Waals surface area contributed by atoms with E-state index in [0.717, 1.165) is 77.5 Å². The molecule has 33 heavy (non-hydrogen) atoms. The molecule has 2 aliphatic heterocycles. The van der Waals surface area contributed by atoms with E-state index in [9.17, 15) is 4.79 Å². The molecule has 178 valence electrons. The summed E-state index contributed by atoms with van der Waals surface area (Å²) < 4.78 is 6.11. The highest BCUT2D eigenvalue weighted by Gasteiger charge is 2.21. The Morgan fingerprint density at radius 2 is 1.55 bits per heavy atom. The van der Waals surface area contributed by atoms with Crippen LogP contribution in [0.2, 0.25) is 0 Å². The third kappa shape index (κ3) is 6.95. The summed E-state index contributed by atoms with van der Waals surface area (Å²) >= 11 is 0. The van der Waals surface area contributed by atoms with Gasteiger partial charge in [-0.25, -0.2) is 0 Å². The van der Waals surface area contributed by atoms with Crippen molar-refractivity contribution in [2.45, 2.75) is 19.3 Å². The average Bonchev–Trinajstić information content (AvgIpc) is 2.87. The second-order valence-corrected chi connectivity index (χ2v) is 9.17. The number of anilines is 1. The van der Waals surface area contributed by atoms with E-state index in [0.29, 0.717) is 13.0 Å². The molecule has 0 N–H and O–H groups in total. The summed E-state index contributed by atoms with van der Waals surface area (Å²) in [4.78, 5) is 21.9. The summed E-state index contributed by atoms with van der Waals surface area (Å²) in [5.74, 6) is 1.19. The van der Waals surface area contributed by atoms with Crippen molar-refractivity contribution >= 4 is 11.6 Å². The Balaban J connectivity index is 1.14. The van der Waals surface area contributed by atoms with Gasteiger partial charge in [0.1, 0.15) is 5.75 Å². The lowest BCUT2D eigenvalue weighted by atomic mass is 10.1. The number of para-hydroxylation sites is 2. The Morgan fingerprint density at radius 3 is 2.30 bits per heavy atom. The molecule has 1 amide bonds. The number of carbonyl (C=O) groups is 1. The quantitative estimate of drug-likeness (QED) is 0.550. The van der Waals surface area contributed by atoms with Gasteiger partial charge in [0.05, 0.1) is 12.3 Å². The normalized spacial score (nSPS) is 17.8. The van der Waals surface area contributed by atoms with Gasteiger partial charge in [-0.2, -0.15) is 0 Å². The Morgan fingerprint density at radius 1 is 0.848 bits per heavy atom. The van der Waals surface area contributed by atoms with Gasteiger partial charge in [-0.05, 0) is 37.6 Å². The maximum absolute atomic E-state index is 12.7. The summed E-state index contributed by atoms with van der Waals surface area (Å²) in [6.07, 6.45) is 2.38. The van der Waals surface area contributed by atoms with Crippen LogP contribution in [0.3, 0.4) is 0 Å². The van der Waals surface area contributed by atoms with Crippen LogP contribution in [-0.2, 0) is 11.2 Å². The lowest BCUT2D eigenvalue weighted by Crippen LogP contribution is -2.49. The maximum Gasteiger partial charge on any atom is 0.222 e. The second kappa shape index (κ2) is 12.1. The molecule has 0 unspecified atom stereocenters. The van der Waals surface area contributed by atoms with Gasteiger partial charge in [0.25, 0.3) is 0 Å². The molecule has 2 aromatic carbocycles. The van der Waals surface area contributed by atoms with Crippen LogP contribution in [0, 0.1) is 0 Å². The molecule has 0 radical (unpaired) electrons. The van der Waals surface area contributed by atoms with Gasteiger partial charge in [-0.3, -0.25) is 9.69 Å². The van der Waals surface area contributed by atoms with Gasteiger partial charge in [-0.15, -0.1) is 0 Å². The predicted octanol–water partition coefficient (Wildman–Crippen LogP) is 2.98. The number of benzene rings is 2. The molecular formula is C27H38N4O2. The fourth-order valence-corrected chi connectivity index (χ4v) is 4.60. The van der Waals surface area contributed by atoms with Gasteiger partial charge in [-0.1, -0.05) is 42.5 Å². The zero-order valence-corrected chi connectivity index (χ0v) is 20.0. The van der Waals surface area contributed by atoms with E-state index < -0.39 is 0 Å². The molecule has 0 bridgehead atoms. The zero-order chi connectivity index (χ0) is 22.9. The van der Waals surface area contributed by atoms with E-state index in [1.54, 1.807) is 0 Å². The summed E-state index contributed by atoms with van der Waals surface area (Å²) in [5, 5.41) is 0. The van der Waals surface area contributed by atoms with E-state index in [1.807, 2.05) is 17.0 Å². The number of piperazine rings is 2. The highest BCUT2D eigenvalue weighted by Crippen LogP contribution is 2.29. The summed E-state index contributed by atoms with van der Waals surface area (Å²) in [6, 6.07) is 18.9. The second-order valence-electron chi connectivity index (χ2n) is 9.17. The van der Waals surface area contributed by atoms with Crippen LogP contribution < -0.4 is 9.64 Å². The number of amides is 1. The monoisotopic (exact) mass is 450 g/mol. The van der Waals surface area contributed by atoms with E-state index in [2.05, 4.69) is 64.2 Å². The minimum atomic E-state index is 0.258. The van der Waals surface area contributed by atoms with Crippen LogP contribution in [0.1, 0.15) is 18.4 Å². The highest BCUT2D eigenvalue weighted by molar-refractivity contribution is 5.76. The average molecular weight is 451 g/mol. The van der Waals surface area contributed by atoms with Crippen molar-refractivity contribution in [2.24, 2.45) is 0 Å². The van der Waals surface area contributed by atoms with Crippen molar-refractivity contribution in [1.29, 1.82) is 0 Å². The minimum Gasteiger partial charge on any atom is -0.491 e. The number of hydrogen-bond acceptors (Lipinski definition) is 5. The molecule has 0 aromatic heterocycles. The zero-order valence-electron chi connectivity index (χ0n) is 20.0. The molecule has 6 heteroatoms. The first-order valence-corrected chi connectivity index (χ1v) is 12.4. The summed E-state index contributed by atoms with van der Waals surface area (Å²) in [6.45, 7) is 9.42. The van der Waals surface area contributed by atoms with Crippen molar-refractivity contribution in [3.8, 4) is 5.75 Å². The van der Waals surface area contributed by atoms with Gasteiger partial charge < -0.3 is 19.4 Å². The van der Waals surface area contributed by atoms with Crippen molar-refractivity contribution in [3.63, 3.8) is 0 Å². The molecule has 2 saturated heterocycles. The number of nitrogens with zero attached hydrogens (tertiary/aromatic N) is 4. The lowest BCUT2D eigenvalue weighted by Gasteiger charge is -2.35. The van der Waals surface area contributed by atoms with Crippen LogP contribution in [0.25, 0.3) is 0 Å². The molecule has 0 atom stereocenters. The van der Waals surface area contributed by atoms with Crippen LogP contribution in [0.15, 0.2) is 54.6 Å². The Kier molecular flexibility index (Phi) is 8.61. The number of ether oxygens (including phenoxy) is 1. The van der Waals surface area contributed by atoms with Crippen LogP contribution in [0.4, 0.5) is 5.69 Å². The van der Waals surface area contributed by atoms with Crippen LogP contribution in [0.5, 0.6) is 5.75 Å². The first-order valence-electron chi connectivity index (χ1n) is 12.4. The fourth-order valence-electron chi connectivity index (χ4n) is 4.60. The van der Waals surface area contributed by atoms with Crippen molar-refractivity contribution < 1.29 is 9.53 Å². The van der Waals surface area contributed by atoms with Crippen LogP contribution >= 0.6 is 0 Å². The Hall–Kier alpha value is -2.57. The minimum absolute atomic E-state index is 0.258. The molecule has 2 fully saturated rings. The van der Waals surface area contributed by atoms with E-state index >= 15 is 0 Å². The summed E-state index contributed by atoms with van der Waals surface area (Å²) in [5.41, 5.74) is 2.55. The maximum atomic E-state index is 12.7. The molecule has 0 spiro atoms. The number of rotatable bonds is 9. The topological polar surface area (TPSA) is 39.3 Å². The van der Waals surface area contributed by atoms with Crippen molar-refractivity contribution in [1.82, 2.24) is 14.7 Å². The third-order valence-corrected chi connectivity index (χ3v) is 6.79. The number of likely N-dealkylation sites (N-methyl/N-ethyl adjacent to an activating group) is 1. The lowest BCUT2D eigenvalue weighted by molar-refractivity contribution is -0.133. The molecule has 0 aliphatic carbocycles. The molecular weight excluding hydrogens is 412 g/mol. The molecule has 6 nitrogen and oxygen atoms in total. The molecule has 2 heterocycles. The number of carbonyl (C=O) groups excluding carboxylic acids is 1. The van der Waals surface area contributed by atoms with Crippen molar-refractivity contribution in [2.75, 3.05) is 77.5 Å². The first-order chi connectivity index (χ1) is 16.2. The smallest absolute Gasteiger partial charge is 0.222 e. The molecule has 4 rings (SSSR count). The fraction of sp³-hybridized carbons (Fsp3) is 0.519. The van der Waals surface area contributed by atoms with E-state index in [-0.39, 0.29) is 5.91 Å². The van der Waals surface area contributed by atoms with Gasteiger partial charge in [0.15, 0.2) is 0 Å². The number of hydrogen-bond donors (Lipinski definition) is 0. The van der Waals surface area contributed by atoms with E-state index in [4.69, 9.17) is 4.74 Å². The largest absolute Gasteiger partial charge is 0.491 e. The highest BCUT2D eigenvalue weighted by atomic mass is 16.5. The molecule has 2 aliphatic rings. The standard InChI is InChI=1S/C27H38N4O2/c1-28-15-19-30(20-16-28)25-10-5-6-11-26(25)33-23-7-12-27(32)31-21-17-29(18-22-31)14-13-24-8-3-2-4-9-24/h2-6,8-11H,7,12-23H2,1H3. The van der Waals surface area contributed by atoms with E-state index in [1.165, 1.54) is 11.3 Å². The van der Waals surface area contributed by atoms with Gasteiger partial charge in [0, 0.05) is 65.3 Å². The SMILES string of the molecule is CN1CCN(c2ccccc2OCCCC(=O)N2CCN(CCc3ccccc3)CC2)CC1. The molecule has 0 saturated carbocycles. The van der Waals surface area contributed by atoms with Crippen molar-refractivity contribution in [3.05, 3.63) is 60.2 Å². The predicted molar refractivity (Wildman–Crippen MR) is 134 cm³/mol. The third-order valence-electron chi connectivity index (χ3n) is 6.79. The Bertz CT molecular complexity index is 859.